The average Bonchev–Trinajstić information content (AvgIpc) is 2.63. The van der Waals surface area contributed by atoms with Gasteiger partial charge < -0.3 is 15.0 Å². The van der Waals surface area contributed by atoms with Crippen molar-refractivity contribution >= 4 is 6.03 Å². The van der Waals surface area contributed by atoms with E-state index in [2.05, 4.69) is 17.2 Å². The minimum atomic E-state index is -0.153. The van der Waals surface area contributed by atoms with E-state index >= 15 is 0 Å². The number of nitrogens with one attached hydrogen (secondary N) is 1. The third kappa shape index (κ3) is 4.50. The minimum absolute atomic E-state index is 0.00889. The molecule has 25 heavy (non-hydrogen) atoms. The van der Waals surface area contributed by atoms with Gasteiger partial charge in [-0.1, -0.05) is 24.6 Å². The number of ether oxygens (including phenoxy) is 1. The van der Waals surface area contributed by atoms with Gasteiger partial charge in [0.15, 0.2) is 0 Å². The van der Waals surface area contributed by atoms with E-state index in [1.54, 1.807) is 24.4 Å². The molecule has 1 heterocycles. The Morgan fingerprint density at radius 3 is 2.56 bits per heavy atom. The zero-order valence-electron chi connectivity index (χ0n) is 15.6. The zero-order chi connectivity index (χ0) is 18.4. The molecule has 2 amide bonds. The van der Waals surface area contributed by atoms with Crippen LogP contribution in [0.2, 0.25) is 0 Å². The number of carbonyl (C=O) groups is 1. The topological polar surface area (TPSA) is 54.5 Å². The molecule has 5 heteroatoms. The normalized spacial score (nSPS) is 13.0. The molecule has 0 radical (unpaired) electrons. The molecule has 0 spiro atoms. The Bertz CT molecular complexity index is 703. The Kier molecular flexibility index (Phi) is 6.39. The highest BCUT2D eigenvalue weighted by atomic mass is 16.5. The largest absolute Gasteiger partial charge is 0.496 e. The third-order valence-electron chi connectivity index (χ3n) is 4.46. The number of amides is 2. The molecule has 0 unspecified atom stereocenters. The van der Waals surface area contributed by atoms with Crippen LogP contribution in [0.1, 0.15) is 49.0 Å². The van der Waals surface area contributed by atoms with Gasteiger partial charge in [-0.3, -0.25) is 4.98 Å². The maximum absolute atomic E-state index is 12.7. The van der Waals surface area contributed by atoms with Crippen LogP contribution in [0.3, 0.4) is 0 Å². The molecular formula is C20H27N3O2. The number of nitrogens with zero attached hydrogens (tertiary/aromatic N) is 2. The standard InChI is InChI=1S/C20H27N3O2/c1-6-18(16-9-11-21-12-10-16)23(4)20(24)22-15(3)17-13-14(2)7-8-19(17)25-5/h7-13,15,18H,6H2,1-5H3,(H,22,24)/t15-,18+/m1/s1. The summed E-state index contributed by atoms with van der Waals surface area (Å²) in [5.74, 6) is 0.780. The quantitative estimate of drug-likeness (QED) is 0.854. The minimum Gasteiger partial charge on any atom is -0.496 e. The van der Waals surface area contributed by atoms with E-state index in [0.29, 0.717) is 0 Å². The smallest absolute Gasteiger partial charge is 0.318 e. The molecule has 1 aromatic heterocycles. The molecule has 0 aliphatic rings. The van der Waals surface area contributed by atoms with Crippen LogP contribution >= 0.6 is 0 Å². The van der Waals surface area contributed by atoms with Crippen molar-refractivity contribution in [1.29, 1.82) is 0 Å². The number of benzene rings is 1. The molecule has 1 aromatic carbocycles. The summed E-state index contributed by atoms with van der Waals surface area (Å²) in [4.78, 5) is 18.5. The highest BCUT2D eigenvalue weighted by Crippen LogP contribution is 2.27. The highest BCUT2D eigenvalue weighted by Gasteiger charge is 2.22. The number of hydrogen-bond acceptors (Lipinski definition) is 3. The Balaban J connectivity index is 2.14. The fourth-order valence-corrected chi connectivity index (χ4v) is 3.02. The summed E-state index contributed by atoms with van der Waals surface area (Å²) in [6.45, 7) is 6.07. The maximum Gasteiger partial charge on any atom is 0.318 e. The van der Waals surface area contributed by atoms with Crippen LogP contribution in [0.25, 0.3) is 0 Å². The fraction of sp³-hybridized carbons (Fsp3) is 0.400. The van der Waals surface area contributed by atoms with Crippen molar-refractivity contribution < 1.29 is 9.53 Å². The highest BCUT2D eigenvalue weighted by molar-refractivity contribution is 5.75. The molecule has 0 saturated carbocycles. The van der Waals surface area contributed by atoms with Gasteiger partial charge in [-0.05, 0) is 44.0 Å². The predicted molar refractivity (Wildman–Crippen MR) is 99.7 cm³/mol. The summed E-state index contributed by atoms with van der Waals surface area (Å²) in [7, 11) is 3.47. The number of pyridine rings is 1. The molecule has 0 bridgehead atoms. The zero-order valence-corrected chi connectivity index (χ0v) is 15.6. The summed E-state index contributed by atoms with van der Waals surface area (Å²) >= 11 is 0. The first-order chi connectivity index (χ1) is 12.0. The Morgan fingerprint density at radius 1 is 1.28 bits per heavy atom. The van der Waals surface area contributed by atoms with Crippen LogP contribution in [0.15, 0.2) is 42.7 Å². The summed E-state index contributed by atoms with van der Waals surface area (Å²) in [6.07, 6.45) is 4.34. The first-order valence-electron chi connectivity index (χ1n) is 8.55. The molecule has 134 valence electrons. The van der Waals surface area contributed by atoms with Gasteiger partial charge in [0.25, 0.3) is 0 Å². The molecular weight excluding hydrogens is 314 g/mol. The first kappa shape index (κ1) is 18.8. The fourth-order valence-electron chi connectivity index (χ4n) is 3.02. The molecule has 0 aliphatic heterocycles. The van der Waals surface area contributed by atoms with Crippen LogP contribution in [0.4, 0.5) is 4.79 Å². The van der Waals surface area contributed by atoms with Gasteiger partial charge in [0.05, 0.1) is 19.2 Å². The van der Waals surface area contributed by atoms with Gasteiger partial charge in [-0.2, -0.15) is 0 Å². The van der Waals surface area contributed by atoms with Gasteiger partial charge in [-0.25, -0.2) is 4.79 Å². The van der Waals surface area contributed by atoms with E-state index in [1.165, 1.54) is 0 Å². The van der Waals surface area contributed by atoms with Gasteiger partial charge in [0.1, 0.15) is 5.75 Å². The number of hydrogen-bond donors (Lipinski definition) is 1. The Morgan fingerprint density at radius 2 is 1.96 bits per heavy atom. The molecule has 5 nitrogen and oxygen atoms in total. The number of aryl methyl sites for hydroxylation is 1. The van der Waals surface area contributed by atoms with Gasteiger partial charge in [-0.15, -0.1) is 0 Å². The van der Waals surface area contributed by atoms with Crippen LogP contribution in [0, 0.1) is 6.92 Å². The van der Waals surface area contributed by atoms with Crippen LogP contribution < -0.4 is 10.1 Å². The second-order valence-corrected chi connectivity index (χ2v) is 6.23. The van der Waals surface area contributed by atoms with Crippen LogP contribution in [-0.2, 0) is 0 Å². The summed E-state index contributed by atoms with van der Waals surface area (Å²) in [5.41, 5.74) is 3.19. The van der Waals surface area contributed by atoms with E-state index in [1.807, 2.05) is 51.2 Å². The van der Waals surface area contributed by atoms with E-state index < -0.39 is 0 Å². The molecule has 2 aromatic rings. The number of carbonyl (C=O) groups excluding carboxylic acids is 1. The lowest BCUT2D eigenvalue weighted by molar-refractivity contribution is 0.185. The van der Waals surface area contributed by atoms with Crippen molar-refractivity contribution in [2.75, 3.05) is 14.2 Å². The van der Waals surface area contributed by atoms with Gasteiger partial charge >= 0.3 is 6.03 Å². The summed E-state index contributed by atoms with van der Waals surface area (Å²) in [5, 5.41) is 3.07. The average molecular weight is 341 g/mol. The van der Waals surface area contributed by atoms with Crippen LogP contribution in [0.5, 0.6) is 5.75 Å². The monoisotopic (exact) mass is 341 g/mol. The second kappa shape index (κ2) is 8.51. The molecule has 0 saturated heterocycles. The molecule has 1 N–H and O–H groups in total. The summed E-state index contributed by atoms with van der Waals surface area (Å²) < 4.78 is 5.43. The Hall–Kier alpha value is -2.56. The second-order valence-electron chi connectivity index (χ2n) is 6.23. The number of rotatable bonds is 6. The molecule has 0 fully saturated rings. The van der Waals surface area contributed by atoms with E-state index in [4.69, 9.17) is 4.74 Å². The maximum atomic E-state index is 12.7. The molecule has 2 rings (SSSR count). The van der Waals surface area contributed by atoms with Gasteiger partial charge in [0, 0.05) is 25.0 Å². The van der Waals surface area contributed by atoms with Crippen molar-refractivity contribution in [2.24, 2.45) is 0 Å². The van der Waals surface area contributed by atoms with Crippen molar-refractivity contribution in [1.82, 2.24) is 15.2 Å². The van der Waals surface area contributed by atoms with Crippen molar-refractivity contribution in [3.05, 3.63) is 59.4 Å². The Labute approximate surface area is 150 Å². The third-order valence-corrected chi connectivity index (χ3v) is 4.46. The number of aromatic nitrogens is 1. The predicted octanol–water partition coefficient (Wildman–Crippen LogP) is 4.25. The van der Waals surface area contributed by atoms with E-state index in [-0.39, 0.29) is 18.1 Å². The lowest BCUT2D eigenvalue weighted by atomic mass is 10.0. The SMILES string of the molecule is CC[C@@H](c1ccncc1)N(C)C(=O)N[C@H](C)c1cc(C)ccc1OC. The molecule has 2 atom stereocenters. The lowest BCUT2D eigenvalue weighted by Crippen LogP contribution is -2.40. The number of methoxy groups -OCH3 is 1. The van der Waals surface area contributed by atoms with E-state index in [9.17, 15) is 4.79 Å². The van der Waals surface area contributed by atoms with Crippen molar-refractivity contribution in [2.45, 2.75) is 39.3 Å². The van der Waals surface area contributed by atoms with Crippen molar-refractivity contribution in [3.63, 3.8) is 0 Å². The molecule has 0 aliphatic carbocycles. The van der Waals surface area contributed by atoms with Crippen LogP contribution in [-0.4, -0.2) is 30.1 Å². The summed E-state index contributed by atoms with van der Waals surface area (Å²) in [6, 6.07) is 9.62. The van der Waals surface area contributed by atoms with Gasteiger partial charge in [0.2, 0.25) is 0 Å². The number of urea groups is 1. The van der Waals surface area contributed by atoms with E-state index in [0.717, 1.165) is 28.9 Å². The lowest BCUT2D eigenvalue weighted by Gasteiger charge is -2.29. The first-order valence-corrected chi connectivity index (χ1v) is 8.55. The van der Waals surface area contributed by atoms with Crippen molar-refractivity contribution in [3.8, 4) is 5.75 Å².